The second kappa shape index (κ2) is 6.41. The zero-order valence-corrected chi connectivity index (χ0v) is 13.4. The van der Waals surface area contributed by atoms with Gasteiger partial charge in [-0.25, -0.2) is 4.39 Å². The van der Waals surface area contributed by atoms with Gasteiger partial charge in [0.25, 0.3) is 5.91 Å². The number of nitrogens with one attached hydrogen (secondary N) is 1. The maximum Gasteiger partial charge on any atom is 0.261 e. The summed E-state index contributed by atoms with van der Waals surface area (Å²) in [7, 11) is 0. The van der Waals surface area contributed by atoms with Crippen molar-refractivity contribution in [2.75, 3.05) is 5.32 Å². The van der Waals surface area contributed by atoms with Crippen LogP contribution in [0.4, 0.5) is 9.52 Å². The van der Waals surface area contributed by atoms with Crippen molar-refractivity contribution >= 4 is 38.3 Å². The van der Waals surface area contributed by atoms with Crippen molar-refractivity contribution in [2.45, 2.75) is 20.3 Å². The van der Waals surface area contributed by atoms with Gasteiger partial charge in [-0.1, -0.05) is 31.3 Å². The van der Waals surface area contributed by atoms with Crippen LogP contribution in [-0.4, -0.2) is 16.1 Å². The molecule has 4 nitrogen and oxygen atoms in total. The third-order valence-corrected chi connectivity index (χ3v) is 3.98. The average molecular weight is 358 g/mol. The SMILES string of the molecule is CC(C)Cc1nnc(NC(=O)c2c(F)cccc2Br)s1. The molecule has 0 saturated carbocycles. The van der Waals surface area contributed by atoms with Crippen LogP contribution in [0.15, 0.2) is 22.7 Å². The van der Waals surface area contributed by atoms with Gasteiger partial charge in [0.1, 0.15) is 10.8 Å². The van der Waals surface area contributed by atoms with Gasteiger partial charge < -0.3 is 0 Å². The van der Waals surface area contributed by atoms with Gasteiger partial charge in [0.15, 0.2) is 0 Å². The summed E-state index contributed by atoms with van der Waals surface area (Å²) in [6.45, 7) is 4.16. The molecular weight excluding hydrogens is 345 g/mol. The van der Waals surface area contributed by atoms with Crippen LogP contribution in [0.5, 0.6) is 0 Å². The largest absolute Gasteiger partial charge is 0.296 e. The summed E-state index contributed by atoms with van der Waals surface area (Å²) in [4.78, 5) is 12.0. The van der Waals surface area contributed by atoms with E-state index in [4.69, 9.17) is 0 Å². The number of carbonyl (C=O) groups is 1. The fraction of sp³-hybridized carbons (Fsp3) is 0.308. The monoisotopic (exact) mass is 357 g/mol. The Kier molecular flexibility index (Phi) is 4.82. The van der Waals surface area contributed by atoms with E-state index in [9.17, 15) is 9.18 Å². The van der Waals surface area contributed by atoms with Crippen LogP contribution in [0.1, 0.15) is 29.2 Å². The molecule has 1 heterocycles. The Bertz CT molecular complexity index is 610. The van der Waals surface area contributed by atoms with E-state index in [1.165, 1.54) is 23.5 Å². The normalized spacial score (nSPS) is 10.8. The maximum atomic E-state index is 13.7. The lowest BCUT2D eigenvalue weighted by Gasteiger charge is -2.04. The molecule has 0 fully saturated rings. The summed E-state index contributed by atoms with van der Waals surface area (Å²) in [6.07, 6.45) is 0.803. The first kappa shape index (κ1) is 15.1. The van der Waals surface area contributed by atoms with Crippen molar-refractivity contribution in [3.8, 4) is 0 Å². The van der Waals surface area contributed by atoms with Crippen molar-refractivity contribution < 1.29 is 9.18 Å². The van der Waals surface area contributed by atoms with Crippen molar-refractivity contribution in [3.05, 3.63) is 39.1 Å². The number of anilines is 1. The first-order chi connectivity index (χ1) is 9.47. The van der Waals surface area contributed by atoms with Gasteiger partial charge in [0.05, 0.1) is 5.56 Å². The smallest absolute Gasteiger partial charge is 0.261 e. The molecule has 0 aliphatic heterocycles. The number of carbonyl (C=O) groups excluding carboxylic acids is 1. The van der Waals surface area contributed by atoms with E-state index in [1.807, 2.05) is 0 Å². The van der Waals surface area contributed by atoms with Crippen LogP contribution in [0, 0.1) is 11.7 Å². The molecule has 7 heteroatoms. The summed E-state index contributed by atoms with van der Waals surface area (Å²) < 4.78 is 14.1. The number of benzene rings is 1. The van der Waals surface area contributed by atoms with Crippen molar-refractivity contribution in [3.63, 3.8) is 0 Å². The van der Waals surface area contributed by atoms with Gasteiger partial charge in [-0.2, -0.15) is 0 Å². The molecular formula is C13H13BrFN3OS. The van der Waals surface area contributed by atoms with E-state index in [1.54, 1.807) is 6.07 Å². The quantitative estimate of drug-likeness (QED) is 0.902. The minimum atomic E-state index is -0.580. The Morgan fingerprint density at radius 3 is 2.85 bits per heavy atom. The Balaban J connectivity index is 2.14. The molecule has 1 amide bonds. The van der Waals surface area contributed by atoms with Crippen LogP contribution in [0.2, 0.25) is 0 Å². The number of halogens is 2. The molecule has 106 valence electrons. The second-order valence-corrected chi connectivity index (χ2v) is 6.57. The molecule has 1 N–H and O–H groups in total. The number of hydrogen-bond donors (Lipinski definition) is 1. The molecule has 0 unspecified atom stereocenters. The number of rotatable bonds is 4. The van der Waals surface area contributed by atoms with Crippen LogP contribution in [-0.2, 0) is 6.42 Å². The topological polar surface area (TPSA) is 54.9 Å². The Morgan fingerprint density at radius 1 is 1.45 bits per heavy atom. The minimum absolute atomic E-state index is 0.0342. The van der Waals surface area contributed by atoms with Crippen molar-refractivity contribution in [1.82, 2.24) is 10.2 Å². The van der Waals surface area contributed by atoms with Crippen LogP contribution < -0.4 is 5.32 Å². The molecule has 0 saturated heterocycles. The van der Waals surface area contributed by atoms with E-state index < -0.39 is 11.7 Å². The molecule has 2 rings (SSSR count). The first-order valence-electron chi connectivity index (χ1n) is 6.05. The van der Waals surface area contributed by atoms with Gasteiger partial charge >= 0.3 is 0 Å². The minimum Gasteiger partial charge on any atom is -0.296 e. The summed E-state index contributed by atoms with van der Waals surface area (Å²) in [5.74, 6) is -0.654. The molecule has 2 aromatic rings. The molecule has 0 spiro atoms. The molecule has 1 aromatic carbocycles. The standard InChI is InChI=1S/C13H13BrFN3OS/c1-7(2)6-10-17-18-13(20-10)16-12(19)11-8(14)4-3-5-9(11)15/h3-5,7H,6H2,1-2H3,(H,16,18,19). The molecule has 1 aromatic heterocycles. The van der Waals surface area contributed by atoms with Gasteiger partial charge in [-0.15, -0.1) is 10.2 Å². The highest BCUT2D eigenvalue weighted by atomic mass is 79.9. The molecule has 0 aliphatic rings. The lowest BCUT2D eigenvalue weighted by molar-refractivity contribution is 0.102. The number of aromatic nitrogens is 2. The molecule has 0 aliphatic carbocycles. The summed E-state index contributed by atoms with van der Waals surface area (Å²) in [5, 5.41) is 11.7. The van der Waals surface area contributed by atoms with Crippen LogP contribution in [0.3, 0.4) is 0 Å². The van der Waals surface area contributed by atoms with Crippen LogP contribution >= 0.6 is 27.3 Å². The van der Waals surface area contributed by atoms with Gasteiger partial charge in [0.2, 0.25) is 5.13 Å². The fourth-order valence-corrected chi connectivity index (χ4v) is 3.08. The Morgan fingerprint density at radius 2 is 2.20 bits per heavy atom. The highest BCUT2D eigenvalue weighted by Gasteiger charge is 2.17. The lowest BCUT2D eigenvalue weighted by Crippen LogP contribution is -2.14. The highest BCUT2D eigenvalue weighted by Crippen LogP contribution is 2.23. The van der Waals surface area contributed by atoms with Crippen molar-refractivity contribution in [2.24, 2.45) is 5.92 Å². The number of amides is 1. The first-order valence-corrected chi connectivity index (χ1v) is 7.66. The predicted molar refractivity (Wildman–Crippen MR) is 80.5 cm³/mol. The maximum absolute atomic E-state index is 13.7. The highest BCUT2D eigenvalue weighted by molar-refractivity contribution is 9.10. The summed E-state index contributed by atoms with van der Waals surface area (Å²) in [5.41, 5.74) is -0.0342. The zero-order chi connectivity index (χ0) is 14.7. The Labute approximate surface area is 128 Å². The average Bonchev–Trinajstić information content (AvgIpc) is 2.75. The molecule has 20 heavy (non-hydrogen) atoms. The summed E-state index contributed by atoms with van der Waals surface area (Å²) in [6, 6.07) is 4.38. The lowest BCUT2D eigenvalue weighted by atomic mass is 10.1. The van der Waals surface area contributed by atoms with Crippen molar-refractivity contribution in [1.29, 1.82) is 0 Å². The number of nitrogens with zero attached hydrogens (tertiary/aromatic N) is 2. The van der Waals surface area contributed by atoms with E-state index in [2.05, 4.69) is 45.3 Å². The predicted octanol–water partition coefficient (Wildman–Crippen LogP) is 3.89. The second-order valence-electron chi connectivity index (χ2n) is 4.65. The molecule has 0 bridgehead atoms. The van der Waals surface area contributed by atoms with E-state index in [-0.39, 0.29) is 5.56 Å². The van der Waals surface area contributed by atoms with E-state index in [0.29, 0.717) is 15.5 Å². The van der Waals surface area contributed by atoms with Crippen LogP contribution in [0.25, 0.3) is 0 Å². The zero-order valence-electron chi connectivity index (χ0n) is 11.0. The van der Waals surface area contributed by atoms with Gasteiger partial charge in [-0.05, 0) is 34.0 Å². The van der Waals surface area contributed by atoms with E-state index >= 15 is 0 Å². The number of hydrogen-bond acceptors (Lipinski definition) is 4. The van der Waals surface area contributed by atoms with Gasteiger partial charge in [-0.3, -0.25) is 10.1 Å². The molecule has 0 radical (unpaired) electrons. The molecule has 0 atom stereocenters. The summed E-state index contributed by atoms with van der Waals surface area (Å²) >= 11 is 4.47. The van der Waals surface area contributed by atoms with E-state index in [0.717, 1.165) is 11.4 Å². The fourth-order valence-electron chi connectivity index (χ4n) is 1.61. The Hall–Kier alpha value is -1.34. The van der Waals surface area contributed by atoms with Gasteiger partial charge in [0, 0.05) is 10.9 Å². The third-order valence-electron chi connectivity index (χ3n) is 2.46. The third kappa shape index (κ3) is 3.61.